The van der Waals surface area contributed by atoms with Crippen molar-refractivity contribution in [1.29, 1.82) is 0 Å². The van der Waals surface area contributed by atoms with E-state index in [1.165, 1.54) is 7.11 Å². The van der Waals surface area contributed by atoms with Crippen molar-refractivity contribution in [3.63, 3.8) is 0 Å². The molecule has 1 aromatic carbocycles. The van der Waals surface area contributed by atoms with E-state index in [-0.39, 0.29) is 5.97 Å². The van der Waals surface area contributed by atoms with Gasteiger partial charge in [0, 0.05) is 12.0 Å². The number of hydrogen-bond acceptors (Lipinski definition) is 5. The van der Waals surface area contributed by atoms with Crippen LogP contribution >= 0.6 is 15.9 Å². The van der Waals surface area contributed by atoms with E-state index in [2.05, 4.69) is 20.7 Å². The van der Waals surface area contributed by atoms with E-state index in [9.17, 15) is 9.59 Å². The van der Waals surface area contributed by atoms with Crippen molar-refractivity contribution in [3.05, 3.63) is 22.2 Å². The molecule has 0 saturated carbocycles. The number of carbonyl (C=O) groups is 2. The molecule has 0 atom stereocenters. The molecule has 6 heteroatoms. The summed E-state index contributed by atoms with van der Waals surface area (Å²) in [5.74, 6) is 0.762. The Balaban J connectivity index is 2.72. The molecule has 0 radical (unpaired) electrons. The molecule has 0 aliphatic carbocycles. The van der Waals surface area contributed by atoms with Gasteiger partial charge in [-0.3, -0.25) is 9.59 Å². The molecule has 0 aliphatic heterocycles. The summed E-state index contributed by atoms with van der Waals surface area (Å²) in [5, 5.41) is 0. The Kier molecular flexibility index (Phi) is 7.08. The van der Waals surface area contributed by atoms with Crippen LogP contribution < -0.4 is 9.47 Å². The zero-order valence-electron chi connectivity index (χ0n) is 11.5. The maximum Gasteiger partial charge on any atom is 0.305 e. The van der Waals surface area contributed by atoms with Crippen molar-refractivity contribution < 1.29 is 23.8 Å². The van der Waals surface area contributed by atoms with Gasteiger partial charge in [-0.25, -0.2) is 0 Å². The molecule has 1 rings (SSSR count). The van der Waals surface area contributed by atoms with Gasteiger partial charge in [0.05, 0.1) is 24.8 Å². The van der Waals surface area contributed by atoms with Gasteiger partial charge in [-0.15, -0.1) is 0 Å². The molecule has 1 aromatic rings. The van der Waals surface area contributed by atoms with Gasteiger partial charge in [-0.1, -0.05) is 0 Å². The molecule has 0 heterocycles. The number of rotatable bonds is 8. The van der Waals surface area contributed by atoms with Crippen LogP contribution in [0.15, 0.2) is 16.6 Å². The highest BCUT2D eigenvalue weighted by Crippen LogP contribution is 2.36. The monoisotopic (exact) mass is 344 g/mol. The lowest BCUT2D eigenvalue weighted by molar-refractivity contribution is -0.140. The predicted molar refractivity (Wildman–Crippen MR) is 77.4 cm³/mol. The second kappa shape index (κ2) is 8.58. The first kappa shape index (κ1) is 16.5. The first-order chi connectivity index (χ1) is 9.62. The summed E-state index contributed by atoms with van der Waals surface area (Å²) in [5.41, 5.74) is 0.502. The third-order valence-electron chi connectivity index (χ3n) is 2.47. The third kappa shape index (κ3) is 4.85. The van der Waals surface area contributed by atoms with Crippen molar-refractivity contribution in [1.82, 2.24) is 0 Å². The average molecular weight is 345 g/mol. The van der Waals surface area contributed by atoms with Crippen LogP contribution in [-0.2, 0) is 9.53 Å². The number of halogens is 1. The summed E-state index contributed by atoms with van der Waals surface area (Å²) in [6.07, 6.45) is 1.58. The van der Waals surface area contributed by atoms with Crippen molar-refractivity contribution in [2.45, 2.75) is 19.8 Å². The van der Waals surface area contributed by atoms with E-state index < -0.39 is 0 Å². The largest absolute Gasteiger partial charge is 0.490 e. The summed E-state index contributed by atoms with van der Waals surface area (Å²) in [6, 6.07) is 3.28. The van der Waals surface area contributed by atoms with Crippen LogP contribution in [0.5, 0.6) is 11.5 Å². The molecular formula is C14H17BrO5. The molecule has 0 fully saturated rings. The topological polar surface area (TPSA) is 61.8 Å². The fourth-order valence-corrected chi connectivity index (χ4v) is 2.13. The molecule has 0 spiro atoms. The van der Waals surface area contributed by atoms with Gasteiger partial charge in [0.15, 0.2) is 11.5 Å². The van der Waals surface area contributed by atoms with Crippen LogP contribution in [0.4, 0.5) is 0 Å². The van der Waals surface area contributed by atoms with Gasteiger partial charge in [-0.2, -0.15) is 0 Å². The summed E-state index contributed by atoms with van der Waals surface area (Å²) in [7, 11) is 1.35. The number of ether oxygens (including phenoxy) is 3. The van der Waals surface area contributed by atoms with E-state index in [1.807, 2.05) is 6.92 Å². The molecule has 0 saturated heterocycles. The number of methoxy groups -OCH3 is 1. The van der Waals surface area contributed by atoms with E-state index in [1.54, 1.807) is 12.1 Å². The van der Waals surface area contributed by atoms with E-state index in [0.29, 0.717) is 47.6 Å². The number of carbonyl (C=O) groups excluding carboxylic acids is 2. The van der Waals surface area contributed by atoms with E-state index in [0.717, 1.165) is 6.29 Å². The Hall–Kier alpha value is -1.56. The zero-order chi connectivity index (χ0) is 15.0. The maximum absolute atomic E-state index is 11.0. The standard InChI is InChI=1S/C14H17BrO5/c1-3-19-12-8-10(9-16)7-11(15)14(12)20-6-4-5-13(17)18-2/h7-9H,3-6H2,1-2H3. The smallest absolute Gasteiger partial charge is 0.305 e. The minimum Gasteiger partial charge on any atom is -0.490 e. The van der Waals surface area contributed by atoms with Crippen LogP contribution in [0.25, 0.3) is 0 Å². The lowest BCUT2D eigenvalue weighted by Crippen LogP contribution is -2.06. The fourth-order valence-electron chi connectivity index (χ4n) is 1.55. The van der Waals surface area contributed by atoms with Gasteiger partial charge in [0.2, 0.25) is 0 Å². The Morgan fingerprint density at radius 1 is 1.35 bits per heavy atom. The van der Waals surface area contributed by atoms with Crippen LogP contribution in [0.1, 0.15) is 30.1 Å². The van der Waals surface area contributed by atoms with Gasteiger partial charge in [0.1, 0.15) is 6.29 Å². The SMILES string of the molecule is CCOc1cc(C=O)cc(Br)c1OCCCC(=O)OC. The van der Waals surface area contributed by atoms with Crippen molar-refractivity contribution in [2.24, 2.45) is 0 Å². The minimum atomic E-state index is -0.269. The molecule has 20 heavy (non-hydrogen) atoms. The highest BCUT2D eigenvalue weighted by molar-refractivity contribution is 9.10. The molecule has 0 amide bonds. The van der Waals surface area contributed by atoms with Crippen molar-refractivity contribution in [3.8, 4) is 11.5 Å². The van der Waals surface area contributed by atoms with Crippen LogP contribution in [0, 0.1) is 0 Å². The van der Waals surface area contributed by atoms with Crippen molar-refractivity contribution in [2.75, 3.05) is 20.3 Å². The van der Waals surface area contributed by atoms with Crippen LogP contribution in [0.3, 0.4) is 0 Å². The Morgan fingerprint density at radius 3 is 2.70 bits per heavy atom. The second-order valence-corrected chi connectivity index (χ2v) is 4.76. The van der Waals surface area contributed by atoms with Gasteiger partial charge in [-0.05, 0) is 41.4 Å². The molecule has 110 valence electrons. The summed E-state index contributed by atoms with van der Waals surface area (Å²) < 4.78 is 16.3. The first-order valence-corrected chi connectivity index (χ1v) is 7.02. The Labute approximate surface area is 126 Å². The van der Waals surface area contributed by atoms with E-state index >= 15 is 0 Å². The number of esters is 1. The lowest BCUT2D eigenvalue weighted by Gasteiger charge is -2.14. The molecule has 0 N–H and O–H groups in total. The number of aldehydes is 1. The molecule has 0 aromatic heterocycles. The maximum atomic E-state index is 11.0. The van der Waals surface area contributed by atoms with Crippen LogP contribution in [0.2, 0.25) is 0 Å². The lowest BCUT2D eigenvalue weighted by atomic mass is 10.2. The summed E-state index contributed by atoms with van der Waals surface area (Å²) in [6.45, 7) is 2.67. The molecule has 0 bridgehead atoms. The highest BCUT2D eigenvalue weighted by atomic mass is 79.9. The molecular weight excluding hydrogens is 328 g/mol. The van der Waals surface area contributed by atoms with Gasteiger partial charge < -0.3 is 14.2 Å². The Bertz CT molecular complexity index is 473. The van der Waals surface area contributed by atoms with Gasteiger partial charge >= 0.3 is 5.97 Å². The molecule has 5 nitrogen and oxygen atoms in total. The van der Waals surface area contributed by atoms with Crippen LogP contribution in [-0.4, -0.2) is 32.6 Å². The van der Waals surface area contributed by atoms with Gasteiger partial charge in [0.25, 0.3) is 0 Å². The summed E-state index contributed by atoms with van der Waals surface area (Å²) in [4.78, 5) is 21.8. The van der Waals surface area contributed by atoms with Crippen molar-refractivity contribution >= 4 is 28.2 Å². The zero-order valence-corrected chi connectivity index (χ0v) is 13.1. The second-order valence-electron chi connectivity index (χ2n) is 3.91. The first-order valence-electron chi connectivity index (χ1n) is 6.23. The number of hydrogen-bond donors (Lipinski definition) is 0. The predicted octanol–water partition coefficient (Wildman–Crippen LogP) is 2.99. The highest BCUT2D eigenvalue weighted by Gasteiger charge is 2.12. The Morgan fingerprint density at radius 2 is 2.10 bits per heavy atom. The molecule has 0 aliphatic rings. The normalized spacial score (nSPS) is 9.95. The third-order valence-corrected chi connectivity index (χ3v) is 3.06. The van der Waals surface area contributed by atoms with E-state index in [4.69, 9.17) is 9.47 Å². The number of benzene rings is 1. The summed E-state index contributed by atoms with van der Waals surface area (Å²) >= 11 is 3.35. The average Bonchev–Trinajstić information content (AvgIpc) is 2.45. The quantitative estimate of drug-likeness (QED) is 0.412. The molecule has 0 unspecified atom stereocenters. The minimum absolute atomic E-state index is 0.269. The fraction of sp³-hybridized carbons (Fsp3) is 0.429.